The van der Waals surface area contributed by atoms with Gasteiger partial charge in [0, 0.05) is 17.8 Å². The molecule has 0 bridgehead atoms. The predicted octanol–water partition coefficient (Wildman–Crippen LogP) is 4.48. The van der Waals surface area contributed by atoms with Gasteiger partial charge in [-0.25, -0.2) is 9.97 Å². The molecule has 23 heavy (non-hydrogen) atoms. The molecule has 0 atom stereocenters. The topological polar surface area (TPSA) is 63.9 Å². The molecule has 1 N–H and O–H groups in total. The lowest BCUT2D eigenvalue weighted by molar-refractivity contribution is 0.309. The van der Waals surface area contributed by atoms with Crippen molar-refractivity contribution in [3.8, 4) is 17.1 Å². The number of nitrogens with one attached hydrogen (secondary N) is 1. The molecule has 0 saturated carbocycles. The molecule has 4 rings (SSSR count). The first-order chi connectivity index (χ1) is 11.2. The normalized spacial score (nSPS) is 11.2. The van der Waals surface area contributed by atoms with Crippen LogP contribution in [-0.2, 0) is 6.61 Å². The summed E-state index contributed by atoms with van der Waals surface area (Å²) in [6.45, 7) is 4.46. The molecule has 0 aliphatic carbocycles. The molecule has 116 valence electrons. The third-order valence-electron chi connectivity index (χ3n) is 3.79. The lowest BCUT2D eigenvalue weighted by atomic mass is 10.1. The summed E-state index contributed by atoms with van der Waals surface area (Å²) in [5, 5.41) is 0.996. The van der Waals surface area contributed by atoms with E-state index >= 15 is 0 Å². The van der Waals surface area contributed by atoms with Crippen molar-refractivity contribution < 1.29 is 9.15 Å². The lowest BCUT2D eigenvalue weighted by Crippen LogP contribution is -1.94. The molecule has 0 aliphatic heterocycles. The number of hydrogen-bond donors (Lipinski definition) is 1. The fraction of sp³-hybridized carbons (Fsp3) is 0.176. The molecule has 4 aromatic rings. The summed E-state index contributed by atoms with van der Waals surface area (Å²) >= 11 is 1.61. The van der Waals surface area contributed by atoms with Crippen molar-refractivity contribution >= 4 is 22.3 Å². The van der Waals surface area contributed by atoms with Gasteiger partial charge in [0.05, 0.1) is 21.6 Å². The largest absolute Gasteiger partial charge is 0.488 e. The van der Waals surface area contributed by atoms with E-state index in [0.29, 0.717) is 6.61 Å². The Hall–Kier alpha value is -2.60. The second-order valence-electron chi connectivity index (χ2n) is 5.28. The Morgan fingerprint density at radius 2 is 2.17 bits per heavy atom. The highest BCUT2D eigenvalue weighted by molar-refractivity contribution is 7.09. The molecule has 0 fully saturated rings. The van der Waals surface area contributed by atoms with Crippen LogP contribution in [0.1, 0.15) is 16.3 Å². The highest BCUT2D eigenvalue weighted by atomic mass is 32.1. The molecule has 0 unspecified atom stereocenters. The summed E-state index contributed by atoms with van der Waals surface area (Å²) in [6.07, 6.45) is 3.54. The summed E-state index contributed by atoms with van der Waals surface area (Å²) < 4.78 is 11.7. The van der Waals surface area contributed by atoms with Crippen LogP contribution < -0.4 is 4.74 Å². The van der Waals surface area contributed by atoms with Crippen LogP contribution in [0.25, 0.3) is 22.4 Å². The van der Waals surface area contributed by atoms with E-state index in [1.165, 1.54) is 0 Å². The van der Waals surface area contributed by atoms with Crippen molar-refractivity contribution in [1.29, 1.82) is 0 Å². The Bertz CT molecular complexity index is 954. The SMILES string of the molecule is Cc1ncsc1COc1ccc2oc(C)c(-c3ncc[nH]3)c2c1. The monoisotopic (exact) mass is 325 g/mol. The maximum atomic E-state index is 5.92. The summed E-state index contributed by atoms with van der Waals surface area (Å²) in [5.41, 5.74) is 4.66. The number of furan rings is 1. The number of imidazole rings is 1. The first-order valence-electron chi connectivity index (χ1n) is 7.27. The fourth-order valence-corrected chi connectivity index (χ4v) is 3.29. The second-order valence-corrected chi connectivity index (χ2v) is 6.22. The van der Waals surface area contributed by atoms with Gasteiger partial charge in [-0.2, -0.15) is 0 Å². The van der Waals surface area contributed by atoms with E-state index in [-0.39, 0.29) is 0 Å². The Labute approximate surface area is 137 Å². The smallest absolute Gasteiger partial charge is 0.141 e. The highest BCUT2D eigenvalue weighted by Crippen LogP contribution is 2.35. The summed E-state index contributed by atoms with van der Waals surface area (Å²) in [5.74, 6) is 2.45. The maximum Gasteiger partial charge on any atom is 0.141 e. The molecule has 6 heteroatoms. The number of aromatic amines is 1. The molecular weight excluding hydrogens is 310 g/mol. The van der Waals surface area contributed by atoms with Gasteiger partial charge in [0.15, 0.2) is 0 Å². The number of ether oxygens (including phenoxy) is 1. The predicted molar refractivity (Wildman–Crippen MR) is 89.7 cm³/mol. The van der Waals surface area contributed by atoms with Gasteiger partial charge in [-0.15, -0.1) is 11.3 Å². The minimum Gasteiger partial charge on any atom is -0.488 e. The van der Waals surface area contributed by atoms with Gasteiger partial charge in [-0.3, -0.25) is 0 Å². The van der Waals surface area contributed by atoms with Gasteiger partial charge in [-0.1, -0.05) is 0 Å². The van der Waals surface area contributed by atoms with E-state index in [4.69, 9.17) is 9.15 Å². The minimum atomic E-state index is 0.523. The number of aromatic nitrogens is 3. The summed E-state index contributed by atoms with van der Waals surface area (Å²) in [7, 11) is 0. The van der Waals surface area contributed by atoms with Crippen LogP contribution in [0.4, 0.5) is 0 Å². The van der Waals surface area contributed by atoms with E-state index in [1.54, 1.807) is 23.7 Å². The van der Waals surface area contributed by atoms with Crippen molar-refractivity contribution in [2.45, 2.75) is 20.5 Å². The standard InChI is InChI=1S/C17H15N3O2S/c1-10-15(23-9-20-10)8-21-12-3-4-14-13(7-12)16(11(2)22-14)17-18-5-6-19-17/h3-7,9H,8H2,1-2H3,(H,18,19). The molecule has 3 aromatic heterocycles. The van der Waals surface area contributed by atoms with E-state index < -0.39 is 0 Å². The van der Waals surface area contributed by atoms with Crippen molar-refractivity contribution in [2.75, 3.05) is 0 Å². The Morgan fingerprint density at radius 1 is 1.26 bits per heavy atom. The van der Waals surface area contributed by atoms with Crippen molar-refractivity contribution in [3.63, 3.8) is 0 Å². The Kier molecular flexibility index (Phi) is 3.38. The van der Waals surface area contributed by atoms with E-state index in [1.807, 2.05) is 37.6 Å². The molecule has 0 radical (unpaired) electrons. The van der Waals surface area contributed by atoms with Gasteiger partial charge in [0.1, 0.15) is 29.5 Å². The number of H-pyrrole nitrogens is 1. The molecule has 3 heterocycles. The molecule has 1 aromatic carbocycles. The Morgan fingerprint density at radius 3 is 2.91 bits per heavy atom. The second kappa shape index (κ2) is 5.55. The zero-order chi connectivity index (χ0) is 15.8. The van der Waals surface area contributed by atoms with E-state index in [2.05, 4.69) is 15.0 Å². The van der Waals surface area contributed by atoms with Crippen LogP contribution in [0.2, 0.25) is 0 Å². The van der Waals surface area contributed by atoms with E-state index in [0.717, 1.165) is 44.4 Å². The van der Waals surface area contributed by atoms with Crippen molar-refractivity contribution in [3.05, 3.63) is 52.4 Å². The Balaban J connectivity index is 1.70. The number of aryl methyl sites for hydroxylation is 2. The zero-order valence-electron chi connectivity index (χ0n) is 12.8. The van der Waals surface area contributed by atoms with Gasteiger partial charge in [0.2, 0.25) is 0 Å². The van der Waals surface area contributed by atoms with Crippen LogP contribution in [0.3, 0.4) is 0 Å². The minimum absolute atomic E-state index is 0.523. The van der Waals surface area contributed by atoms with Gasteiger partial charge in [0.25, 0.3) is 0 Å². The molecule has 0 saturated heterocycles. The summed E-state index contributed by atoms with van der Waals surface area (Å²) in [4.78, 5) is 12.8. The number of fused-ring (bicyclic) bond motifs is 1. The lowest BCUT2D eigenvalue weighted by Gasteiger charge is -2.05. The van der Waals surface area contributed by atoms with Crippen LogP contribution in [0.5, 0.6) is 5.75 Å². The maximum absolute atomic E-state index is 5.92. The number of hydrogen-bond acceptors (Lipinski definition) is 5. The summed E-state index contributed by atoms with van der Waals surface area (Å²) in [6, 6.07) is 5.86. The van der Waals surface area contributed by atoms with Crippen molar-refractivity contribution in [1.82, 2.24) is 15.0 Å². The number of benzene rings is 1. The third kappa shape index (κ3) is 2.51. The van der Waals surface area contributed by atoms with Crippen LogP contribution in [0, 0.1) is 13.8 Å². The first kappa shape index (κ1) is 14.0. The highest BCUT2D eigenvalue weighted by Gasteiger charge is 2.15. The molecule has 0 spiro atoms. The number of rotatable bonds is 4. The fourth-order valence-electron chi connectivity index (χ4n) is 2.60. The zero-order valence-corrected chi connectivity index (χ0v) is 13.6. The average Bonchev–Trinajstić information content (AvgIpc) is 3.24. The molecule has 0 aliphatic rings. The van der Waals surface area contributed by atoms with Crippen LogP contribution >= 0.6 is 11.3 Å². The molecule has 5 nitrogen and oxygen atoms in total. The van der Waals surface area contributed by atoms with Gasteiger partial charge in [-0.05, 0) is 32.0 Å². The van der Waals surface area contributed by atoms with Gasteiger partial charge >= 0.3 is 0 Å². The van der Waals surface area contributed by atoms with E-state index in [9.17, 15) is 0 Å². The van der Waals surface area contributed by atoms with Crippen LogP contribution in [-0.4, -0.2) is 15.0 Å². The van der Waals surface area contributed by atoms with Crippen molar-refractivity contribution in [2.24, 2.45) is 0 Å². The molecule has 0 amide bonds. The quantitative estimate of drug-likeness (QED) is 0.601. The third-order valence-corrected chi connectivity index (χ3v) is 4.69. The number of nitrogens with zero attached hydrogens (tertiary/aromatic N) is 2. The van der Waals surface area contributed by atoms with Crippen LogP contribution in [0.15, 0.2) is 40.5 Å². The number of thiazole rings is 1. The average molecular weight is 325 g/mol. The first-order valence-corrected chi connectivity index (χ1v) is 8.15. The molecular formula is C17H15N3O2S. The van der Waals surface area contributed by atoms with Gasteiger partial charge < -0.3 is 14.1 Å².